The topological polar surface area (TPSA) is 29.3 Å². The molecular formula is C18H24N2. The lowest BCUT2D eigenvalue weighted by atomic mass is 10.1. The second-order valence-corrected chi connectivity index (χ2v) is 5.50. The molecule has 2 nitrogen and oxygen atoms in total. The fourth-order valence-corrected chi connectivity index (χ4v) is 2.34. The standard InChI is InChI=1S/C18H24N2/c1-15-8-12-18(13-9-15)20(2)14-17(19)11-10-16-6-4-3-5-7-16/h3-9,12-13,17H,10-11,14,19H2,1-2H3. The number of benzene rings is 2. The molecule has 2 N–H and O–H groups in total. The summed E-state index contributed by atoms with van der Waals surface area (Å²) in [4.78, 5) is 2.23. The van der Waals surface area contributed by atoms with E-state index < -0.39 is 0 Å². The van der Waals surface area contributed by atoms with Crippen molar-refractivity contribution in [1.29, 1.82) is 0 Å². The summed E-state index contributed by atoms with van der Waals surface area (Å²) in [7, 11) is 2.10. The Hall–Kier alpha value is -1.80. The zero-order valence-corrected chi connectivity index (χ0v) is 12.4. The first-order valence-corrected chi connectivity index (χ1v) is 7.22. The van der Waals surface area contributed by atoms with Crippen LogP contribution >= 0.6 is 0 Å². The van der Waals surface area contributed by atoms with Gasteiger partial charge in [0.15, 0.2) is 0 Å². The van der Waals surface area contributed by atoms with Crippen LogP contribution in [0.4, 0.5) is 5.69 Å². The number of hydrogen-bond donors (Lipinski definition) is 1. The molecule has 0 saturated heterocycles. The molecule has 1 unspecified atom stereocenters. The van der Waals surface area contributed by atoms with Crippen molar-refractivity contribution in [2.45, 2.75) is 25.8 Å². The Kier molecular flexibility index (Phi) is 5.19. The number of aryl methyl sites for hydroxylation is 2. The van der Waals surface area contributed by atoms with E-state index in [2.05, 4.69) is 73.5 Å². The van der Waals surface area contributed by atoms with Crippen molar-refractivity contribution in [1.82, 2.24) is 0 Å². The minimum Gasteiger partial charge on any atom is -0.373 e. The molecule has 0 aromatic heterocycles. The molecule has 1 atom stereocenters. The van der Waals surface area contributed by atoms with Gasteiger partial charge in [-0.25, -0.2) is 0 Å². The number of anilines is 1. The number of nitrogens with zero attached hydrogens (tertiary/aromatic N) is 1. The third-order valence-corrected chi connectivity index (χ3v) is 3.63. The van der Waals surface area contributed by atoms with Crippen LogP contribution in [0.3, 0.4) is 0 Å². The highest BCUT2D eigenvalue weighted by Gasteiger charge is 2.08. The van der Waals surface area contributed by atoms with E-state index in [1.54, 1.807) is 0 Å². The zero-order chi connectivity index (χ0) is 14.4. The highest BCUT2D eigenvalue weighted by Crippen LogP contribution is 2.14. The first-order valence-electron chi connectivity index (χ1n) is 7.22. The van der Waals surface area contributed by atoms with Gasteiger partial charge >= 0.3 is 0 Å². The molecule has 2 aromatic rings. The van der Waals surface area contributed by atoms with Crippen molar-refractivity contribution in [3.05, 3.63) is 65.7 Å². The number of rotatable bonds is 6. The lowest BCUT2D eigenvalue weighted by Gasteiger charge is -2.23. The monoisotopic (exact) mass is 268 g/mol. The molecule has 2 aromatic carbocycles. The Bertz CT molecular complexity index is 505. The van der Waals surface area contributed by atoms with E-state index in [1.807, 2.05) is 0 Å². The van der Waals surface area contributed by atoms with Crippen molar-refractivity contribution in [2.75, 3.05) is 18.5 Å². The molecule has 0 fully saturated rings. The third kappa shape index (κ3) is 4.39. The van der Waals surface area contributed by atoms with Crippen molar-refractivity contribution >= 4 is 5.69 Å². The van der Waals surface area contributed by atoms with E-state index >= 15 is 0 Å². The molecule has 0 saturated carbocycles. The van der Waals surface area contributed by atoms with Crippen LogP contribution < -0.4 is 10.6 Å². The first kappa shape index (κ1) is 14.6. The van der Waals surface area contributed by atoms with Crippen LogP contribution in [-0.2, 0) is 6.42 Å². The van der Waals surface area contributed by atoms with Gasteiger partial charge in [0.25, 0.3) is 0 Å². The summed E-state index contributed by atoms with van der Waals surface area (Å²) < 4.78 is 0. The molecule has 0 radical (unpaired) electrons. The van der Waals surface area contributed by atoms with E-state index in [4.69, 9.17) is 5.73 Å². The molecule has 0 aliphatic heterocycles. The van der Waals surface area contributed by atoms with Gasteiger partial charge < -0.3 is 10.6 Å². The fraction of sp³-hybridized carbons (Fsp3) is 0.333. The van der Waals surface area contributed by atoms with Gasteiger partial charge in [0.1, 0.15) is 0 Å². The van der Waals surface area contributed by atoms with Crippen molar-refractivity contribution in [3.8, 4) is 0 Å². The Morgan fingerprint density at radius 1 is 1.00 bits per heavy atom. The largest absolute Gasteiger partial charge is 0.373 e. The maximum Gasteiger partial charge on any atom is 0.0364 e. The molecule has 106 valence electrons. The molecule has 2 rings (SSSR count). The van der Waals surface area contributed by atoms with Crippen molar-refractivity contribution in [3.63, 3.8) is 0 Å². The molecule has 0 aliphatic rings. The molecule has 20 heavy (non-hydrogen) atoms. The Balaban J connectivity index is 1.82. The number of nitrogens with two attached hydrogens (primary N) is 1. The van der Waals surface area contributed by atoms with E-state index in [9.17, 15) is 0 Å². The van der Waals surface area contributed by atoms with Crippen LogP contribution in [0, 0.1) is 6.92 Å². The summed E-state index contributed by atoms with van der Waals surface area (Å²) in [5.74, 6) is 0. The van der Waals surface area contributed by atoms with Crippen LogP contribution in [0.2, 0.25) is 0 Å². The minimum absolute atomic E-state index is 0.196. The molecule has 0 heterocycles. The average Bonchev–Trinajstić information content (AvgIpc) is 2.47. The van der Waals surface area contributed by atoms with Gasteiger partial charge in [-0.1, -0.05) is 48.0 Å². The van der Waals surface area contributed by atoms with Crippen LogP contribution in [0.25, 0.3) is 0 Å². The fourth-order valence-electron chi connectivity index (χ4n) is 2.34. The lowest BCUT2D eigenvalue weighted by Crippen LogP contribution is -2.35. The summed E-state index contributed by atoms with van der Waals surface area (Å²) in [6, 6.07) is 19.3. The summed E-state index contributed by atoms with van der Waals surface area (Å²) in [5.41, 5.74) is 10.1. The summed E-state index contributed by atoms with van der Waals surface area (Å²) in [6.45, 7) is 2.99. The van der Waals surface area contributed by atoms with Gasteiger partial charge in [0, 0.05) is 25.3 Å². The Morgan fingerprint density at radius 3 is 2.30 bits per heavy atom. The van der Waals surface area contributed by atoms with Crippen LogP contribution in [0.5, 0.6) is 0 Å². The van der Waals surface area contributed by atoms with Gasteiger partial charge in [0.05, 0.1) is 0 Å². The van der Waals surface area contributed by atoms with E-state index in [0.29, 0.717) is 0 Å². The zero-order valence-electron chi connectivity index (χ0n) is 12.4. The van der Waals surface area contributed by atoms with Gasteiger partial charge in [0.2, 0.25) is 0 Å². The van der Waals surface area contributed by atoms with Crippen molar-refractivity contribution < 1.29 is 0 Å². The Labute approximate surface area is 122 Å². The molecule has 0 bridgehead atoms. The number of likely N-dealkylation sites (N-methyl/N-ethyl adjacent to an activating group) is 1. The SMILES string of the molecule is Cc1ccc(N(C)CC(N)CCc2ccccc2)cc1. The molecule has 2 heteroatoms. The van der Waals surface area contributed by atoms with Gasteiger partial charge in [-0.2, -0.15) is 0 Å². The second-order valence-electron chi connectivity index (χ2n) is 5.50. The predicted octanol–water partition coefficient (Wildman–Crippen LogP) is 3.39. The molecule has 0 spiro atoms. The summed E-state index contributed by atoms with van der Waals surface area (Å²) in [6.07, 6.45) is 2.06. The minimum atomic E-state index is 0.196. The summed E-state index contributed by atoms with van der Waals surface area (Å²) in [5, 5.41) is 0. The highest BCUT2D eigenvalue weighted by molar-refractivity contribution is 5.46. The van der Waals surface area contributed by atoms with Crippen LogP contribution in [0.1, 0.15) is 17.5 Å². The highest BCUT2D eigenvalue weighted by atomic mass is 15.1. The predicted molar refractivity (Wildman–Crippen MR) is 87.2 cm³/mol. The number of hydrogen-bond acceptors (Lipinski definition) is 2. The van der Waals surface area contributed by atoms with Crippen LogP contribution in [0.15, 0.2) is 54.6 Å². The van der Waals surface area contributed by atoms with E-state index in [-0.39, 0.29) is 6.04 Å². The quantitative estimate of drug-likeness (QED) is 0.870. The molecule has 0 amide bonds. The van der Waals surface area contributed by atoms with E-state index in [0.717, 1.165) is 19.4 Å². The lowest BCUT2D eigenvalue weighted by molar-refractivity contribution is 0.607. The maximum absolute atomic E-state index is 6.25. The summed E-state index contributed by atoms with van der Waals surface area (Å²) >= 11 is 0. The van der Waals surface area contributed by atoms with Gasteiger partial charge in [-0.15, -0.1) is 0 Å². The van der Waals surface area contributed by atoms with Crippen LogP contribution in [-0.4, -0.2) is 19.6 Å². The first-order chi connectivity index (χ1) is 9.65. The van der Waals surface area contributed by atoms with E-state index in [1.165, 1.54) is 16.8 Å². The normalized spacial score (nSPS) is 12.2. The smallest absolute Gasteiger partial charge is 0.0364 e. The van der Waals surface area contributed by atoms with Gasteiger partial charge in [-0.05, 0) is 37.5 Å². The average molecular weight is 268 g/mol. The Morgan fingerprint density at radius 2 is 1.65 bits per heavy atom. The third-order valence-electron chi connectivity index (χ3n) is 3.63. The van der Waals surface area contributed by atoms with Gasteiger partial charge in [-0.3, -0.25) is 0 Å². The maximum atomic E-state index is 6.25. The molecule has 0 aliphatic carbocycles. The van der Waals surface area contributed by atoms with Crippen molar-refractivity contribution in [2.24, 2.45) is 5.73 Å². The second kappa shape index (κ2) is 7.11. The molecular weight excluding hydrogens is 244 g/mol.